The first-order chi connectivity index (χ1) is 9.28. The molecule has 2 rings (SSSR count). The van der Waals surface area contributed by atoms with E-state index in [1.807, 2.05) is 0 Å². The number of carbonyl (C=O) groups is 2. The molecule has 1 aliphatic rings. The van der Waals surface area contributed by atoms with E-state index in [0.717, 1.165) is 4.68 Å². The second-order valence-electron chi connectivity index (χ2n) is 4.96. The van der Waals surface area contributed by atoms with Gasteiger partial charge in [0.25, 0.3) is 0 Å². The molecule has 0 bridgehead atoms. The van der Waals surface area contributed by atoms with Gasteiger partial charge < -0.3 is 10.4 Å². The third-order valence-corrected chi connectivity index (χ3v) is 3.44. The van der Waals surface area contributed by atoms with Crippen LogP contribution in [0.15, 0.2) is 6.07 Å². The second-order valence-corrected chi connectivity index (χ2v) is 4.96. The van der Waals surface area contributed by atoms with Crippen LogP contribution in [0, 0.1) is 5.92 Å². The molecule has 0 aliphatic heterocycles. The molecule has 6 nitrogen and oxygen atoms in total. The van der Waals surface area contributed by atoms with E-state index >= 15 is 0 Å². The van der Waals surface area contributed by atoms with Gasteiger partial charge in [-0.1, -0.05) is 0 Å². The van der Waals surface area contributed by atoms with Gasteiger partial charge in [0, 0.05) is 31.9 Å². The van der Waals surface area contributed by atoms with Gasteiger partial charge >= 0.3 is 5.97 Å². The zero-order chi connectivity index (χ0) is 14.9. The normalized spacial score (nSPS) is 18.8. The Morgan fingerprint density at radius 1 is 1.45 bits per heavy atom. The number of nitrogens with one attached hydrogen (secondary N) is 1. The van der Waals surface area contributed by atoms with Crippen LogP contribution in [0.25, 0.3) is 0 Å². The van der Waals surface area contributed by atoms with E-state index in [1.54, 1.807) is 0 Å². The van der Waals surface area contributed by atoms with Crippen LogP contribution in [0.4, 0.5) is 14.6 Å². The first kappa shape index (κ1) is 14.4. The van der Waals surface area contributed by atoms with Crippen molar-refractivity contribution in [1.29, 1.82) is 0 Å². The molecule has 0 unspecified atom stereocenters. The van der Waals surface area contributed by atoms with Crippen LogP contribution in [-0.4, -0.2) is 32.7 Å². The van der Waals surface area contributed by atoms with E-state index in [9.17, 15) is 18.4 Å². The zero-order valence-electron chi connectivity index (χ0n) is 10.9. The minimum Gasteiger partial charge on any atom is -0.477 e. The molecule has 1 aromatic heterocycles. The van der Waals surface area contributed by atoms with Crippen molar-refractivity contribution in [2.75, 3.05) is 5.32 Å². The van der Waals surface area contributed by atoms with Crippen LogP contribution in [0.5, 0.6) is 0 Å². The fourth-order valence-corrected chi connectivity index (χ4v) is 2.26. The zero-order valence-corrected chi connectivity index (χ0v) is 10.9. The Bertz CT molecular complexity index is 532. The summed E-state index contributed by atoms with van der Waals surface area (Å²) in [6.07, 6.45) is -0.351. The maximum Gasteiger partial charge on any atom is 0.354 e. The molecule has 110 valence electrons. The molecule has 1 aliphatic carbocycles. The predicted molar refractivity (Wildman–Crippen MR) is 65.7 cm³/mol. The molecule has 1 saturated carbocycles. The number of aromatic nitrogens is 2. The number of anilines is 1. The Labute approximate surface area is 113 Å². The van der Waals surface area contributed by atoms with Crippen molar-refractivity contribution < 1.29 is 23.5 Å². The van der Waals surface area contributed by atoms with E-state index in [0.29, 0.717) is 0 Å². The highest BCUT2D eigenvalue weighted by atomic mass is 19.3. The summed E-state index contributed by atoms with van der Waals surface area (Å²) in [6.45, 7) is 0. The number of hydrogen-bond acceptors (Lipinski definition) is 3. The number of carbonyl (C=O) groups excluding carboxylic acids is 1. The molecule has 2 N–H and O–H groups in total. The summed E-state index contributed by atoms with van der Waals surface area (Å²) in [4.78, 5) is 22.8. The van der Waals surface area contributed by atoms with Gasteiger partial charge in [0.1, 0.15) is 5.69 Å². The third-order valence-electron chi connectivity index (χ3n) is 3.44. The van der Waals surface area contributed by atoms with Crippen molar-refractivity contribution in [1.82, 2.24) is 9.78 Å². The summed E-state index contributed by atoms with van der Waals surface area (Å²) in [7, 11) is 1.44. The number of hydrogen-bond donors (Lipinski definition) is 2. The number of amides is 1. The van der Waals surface area contributed by atoms with Crippen molar-refractivity contribution in [2.24, 2.45) is 13.0 Å². The van der Waals surface area contributed by atoms with Gasteiger partial charge in [0.2, 0.25) is 11.8 Å². The van der Waals surface area contributed by atoms with Crippen LogP contribution in [0.2, 0.25) is 0 Å². The molecular weight excluding hydrogens is 272 g/mol. The van der Waals surface area contributed by atoms with Gasteiger partial charge in [-0.3, -0.25) is 9.48 Å². The monoisotopic (exact) mass is 287 g/mol. The molecule has 0 radical (unpaired) electrons. The maximum atomic E-state index is 13.0. The summed E-state index contributed by atoms with van der Waals surface area (Å²) in [5.41, 5.74) is -0.0597. The molecule has 8 heteroatoms. The molecule has 1 heterocycles. The fourth-order valence-electron chi connectivity index (χ4n) is 2.26. The average Bonchev–Trinajstić information content (AvgIpc) is 2.70. The summed E-state index contributed by atoms with van der Waals surface area (Å²) < 4.78 is 27.1. The lowest BCUT2D eigenvalue weighted by molar-refractivity contribution is -0.124. The van der Waals surface area contributed by atoms with Crippen molar-refractivity contribution in [3.63, 3.8) is 0 Å². The van der Waals surface area contributed by atoms with Gasteiger partial charge in [-0.15, -0.1) is 0 Å². The summed E-state index contributed by atoms with van der Waals surface area (Å²) >= 11 is 0. The van der Waals surface area contributed by atoms with E-state index < -0.39 is 23.7 Å². The molecule has 0 atom stereocenters. The number of carboxylic acids is 1. The number of rotatable bonds is 3. The number of aromatic carboxylic acids is 1. The highest BCUT2D eigenvalue weighted by Gasteiger charge is 2.37. The minimum atomic E-state index is -2.68. The first-order valence-corrected chi connectivity index (χ1v) is 6.24. The van der Waals surface area contributed by atoms with Gasteiger partial charge in [-0.2, -0.15) is 5.10 Å². The van der Waals surface area contributed by atoms with Crippen molar-refractivity contribution in [3.8, 4) is 0 Å². The minimum absolute atomic E-state index is 0.0597. The van der Waals surface area contributed by atoms with E-state index in [1.165, 1.54) is 13.1 Å². The summed E-state index contributed by atoms with van der Waals surface area (Å²) in [6, 6.07) is 1.23. The lowest BCUT2D eigenvalue weighted by Crippen LogP contribution is -2.31. The van der Waals surface area contributed by atoms with E-state index in [4.69, 9.17) is 5.11 Å². The number of halogens is 2. The quantitative estimate of drug-likeness (QED) is 0.889. The van der Waals surface area contributed by atoms with Gasteiger partial charge in [-0.25, -0.2) is 13.6 Å². The summed E-state index contributed by atoms with van der Waals surface area (Å²) in [5.74, 6) is -4.59. The van der Waals surface area contributed by atoms with Crippen molar-refractivity contribution in [2.45, 2.75) is 31.6 Å². The Morgan fingerprint density at radius 3 is 2.55 bits per heavy atom. The van der Waals surface area contributed by atoms with E-state index in [-0.39, 0.29) is 37.2 Å². The number of nitrogens with zero attached hydrogens (tertiary/aromatic N) is 2. The van der Waals surface area contributed by atoms with Crippen LogP contribution < -0.4 is 5.32 Å². The number of alkyl halides is 2. The SMILES string of the molecule is Cn1nc(NC(=O)C2CCC(F)(F)CC2)cc1C(=O)O. The Morgan fingerprint density at radius 2 is 2.05 bits per heavy atom. The fraction of sp³-hybridized carbons (Fsp3) is 0.583. The van der Waals surface area contributed by atoms with Gasteiger partial charge in [0.05, 0.1) is 0 Å². The van der Waals surface area contributed by atoms with E-state index in [2.05, 4.69) is 10.4 Å². The van der Waals surface area contributed by atoms with Crippen molar-refractivity contribution in [3.05, 3.63) is 11.8 Å². The highest BCUT2D eigenvalue weighted by molar-refractivity contribution is 5.93. The first-order valence-electron chi connectivity index (χ1n) is 6.24. The van der Waals surface area contributed by atoms with Gasteiger partial charge in [0.15, 0.2) is 5.82 Å². The lowest BCUT2D eigenvalue weighted by Gasteiger charge is -2.27. The van der Waals surface area contributed by atoms with Crippen molar-refractivity contribution >= 4 is 17.7 Å². The summed E-state index contributed by atoms with van der Waals surface area (Å²) in [5, 5.41) is 15.2. The molecule has 1 aromatic rings. The Hall–Kier alpha value is -1.99. The Kier molecular flexibility index (Phi) is 3.74. The van der Waals surface area contributed by atoms with Crippen LogP contribution in [-0.2, 0) is 11.8 Å². The molecule has 0 saturated heterocycles. The molecule has 0 aromatic carbocycles. The van der Waals surface area contributed by atoms with Crippen LogP contribution in [0.1, 0.15) is 36.2 Å². The molecule has 0 spiro atoms. The Balaban J connectivity index is 1.98. The third kappa shape index (κ3) is 3.12. The molecule has 1 amide bonds. The second kappa shape index (κ2) is 5.18. The standard InChI is InChI=1S/C12H15F2N3O3/c1-17-8(11(19)20)6-9(16-17)15-10(18)7-2-4-12(13,14)5-3-7/h6-7H,2-5H2,1H3,(H,19,20)(H,15,16,18). The largest absolute Gasteiger partial charge is 0.477 e. The molecule has 20 heavy (non-hydrogen) atoms. The topological polar surface area (TPSA) is 84.2 Å². The average molecular weight is 287 g/mol. The van der Waals surface area contributed by atoms with Crippen LogP contribution >= 0.6 is 0 Å². The smallest absolute Gasteiger partial charge is 0.354 e. The molecular formula is C12H15F2N3O3. The van der Waals surface area contributed by atoms with Crippen LogP contribution in [0.3, 0.4) is 0 Å². The highest BCUT2D eigenvalue weighted by Crippen LogP contribution is 2.36. The molecule has 1 fully saturated rings. The predicted octanol–water partition coefficient (Wildman–Crippen LogP) is 1.88. The van der Waals surface area contributed by atoms with Gasteiger partial charge in [-0.05, 0) is 12.8 Å². The lowest BCUT2D eigenvalue weighted by atomic mass is 9.86. The number of aryl methyl sites for hydroxylation is 1. The maximum absolute atomic E-state index is 13.0. The number of carboxylic acid groups (broad SMARTS) is 1.